The molecule has 0 atom stereocenters. The van der Waals surface area contributed by atoms with Gasteiger partial charge in [-0.2, -0.15) is 5.26 Å². The second-order valence-corrected chi connectivity index (χ2v) is 4.31. The maximum Gasteiger partial charge on any atom is 0.312 e. The van der Waals surface area contributed by atoms with Gasteiger partial charge in [0.1, 0.15) is 10.9 Å². The quantitative estimate of drug-likeness (QED) is 0.489. The molecule has 0 radical (unpaired) electrons. The lowest BCUT2D eigenvalue weighted by molar-refractivity contribution is -0.385. The molecule has 0 aliphatic rings. The van der Waals surface area contributed by atoms with E-state index in [1.165, 1.54) is 24.4 Å². The van der Waals surface area contributed by atoms with E-state index < -0.39 is 4.92 Å². The molecule has 1 heterocycles. The maximum absolute atomic E-state index is 11.0. The lowest BCUT2D eigenvalue weighted by atomic mass is 10.2. The molecule has 6 nitrogen and oxygen atoms in total. The van der Waals surface area contributed by atoms with Crippen molar-refractivity contribution in [2.75, 3.05) is 0 Å². The molecule has 0 aliphatic heterocycles. The Kier molecular flexibility index (Phi) is 3.82. The molecule has 1 aromatic heterocycles. The number of rotatable bonds is 3. The number of nitrogens with zero attached hydrogens (tertiary/aromatic N) is 3. The summed E-state index contributed by atoms with van der Waals surface area (Å²) in [6, 6.07) is 7.30. The van der Waals surface area contributed by atoms with E-state index in [4.69, 9.17) is 21.6 Å². The smallest absolute Gasteiger partial charge is 0.312 e. The van der Waals surface area contributed by atoms with Crippen molar-refractivity contribution < 1.29 is 9.66 Å². The van der Waals surface area contributed by atoms with Crippen LogP contribution < -0.4 is 4.74 Å². The van der Waals surface area contributed by atoms with E-state index in [-0.39, 0.29) is 22.2 Å². The highest BCUT2D eigenvalue weighted by atomic mass is 35.5. The van der Waals surface area contributed by atoms with Crippen LogP contribution in [0.3, 0.4) is 0 Å². The molecule has 0 fully saturated rings. The van der Waals surface area contributed by atoms with E-state index in [2.05, 4.69) is 4.98 Å². The van der Waals surface area contributed by atoms with Gasteiger partial charge in [-0.3, -0.25) is 10.1 Å². The first-order valence-corrected chi connectivity index (χ1v) is 5.87. The average Bonchev–Trinajstić information content (AvgIpc) is 2.43. The SMILES string of the molecule is Cc1cnc(Cl)cc1Oc1ccc(C#N)cc1[N+](=O)[O-]. The lowest BCUT2D eigenvalue weighted by Gasteiger charge is -2.09. The predicted octanol–water partition coefficient (Wildman–Crippen LogP) is 3.62. The molecule has 0 unspecified atom stereocenters. The largest absolute Gasteiger partial charge is 0.450 e. The van der Waals surface area contributed by atoms with Crippen LogP contribution in [0.25, 0.3) is 0 Å². The molecule has 0 aliphatic carbocycles. The Morgan fingerprint density at radius 2 is 2.15 bits per heavy atom. The third-order valence-electron chi connectivity index (χ3n) is 2.53. The van der Waals surface area contributed by atoms with Gasteiger partial charge in [0.2, 0.25) is 5.75 Å². The van der Waals surface area contributed by atoms with Crippen LogP contribution in [0.1, 0.15) is 11.1 Å². The first-order chi connectivity index (χ1) is 9.51. The Morgan fingerprint density at radius 3 is 2.80 bits per heavy atom. The van der Waals surface area contributed by atoms with Gasteiger partial charge < -0.3 is 4.74 Å². The highest BCUT2D eigenvalue weighted by molar-refractivity contribution is 6.29. The summed E-state index contributed by atoms with van der Waals surface area (Å²) < 4.78 is 5.51. The molecule has 0 spiro atoms. The van der Waals surface area contributed by atoms with Crippen molar-refractivity contribution in [3.8, 4) is 17.6 Å². The van der Waals surface area contributed by atoms with Crippen molar-refractivity contribution in [1.82, 2.24) is 4.98 Å². The number of nitro benzene ring substituents is 1. The Bertz CT molecular complexity index is 725. The van der Waals surface area contributed by atoms with Gasteiger partial charge >= 0.3 is 5.69 Å². The van der Waals surface area contributed by atoms with Crippen LogP contribution in [0, 0.1) is 28.4 Å². The molecular weight excluding hydrogens is 282 g/mol. The zero-order chi connectivity index (χ0) is 14.7. The van der Waals surface area contributed by atoms with Crippen molar-refractivity contribution in [3.05, 3.63) is 56.9 Å². The third-order valence-corrected chi connectivity index (χ3v) is 2.73. The second kappa shape index (κ2) is 5.55. The molecule has 7 heteroatoms. The Morgan fingerprint density at radius 1 is 1.40 bits per heavy atom. The highest BCUT2D eigenvalue weighted by Crippen LogP contribution is 2.34. The predicted molar refractivity (Wildman–Crippen MR) is 71.9 cm³/mol. The van der Waals surface area contributed by atoms with Crippen LogP contribution >= 0.6 is 11.6 Å². The first-order valence-electron chi connectivity index (χ1n) is 5.50. The van der Waals surface area contributed by atoms with Crippen molar-refractivity contribution in [3.63, 3.8) is 0 Å². The summed E-state index contributed by atoms with van der Waals surface area (Å²) in [6.07, 6.45) is 1.51. The molecule has 0 bridgehead atoms. The van der Waals surface area contributed by atoms with Crippen LogP contribution in [-0.2, 0) is 0 Å². The number of ether oxygens (including phenoxy) is 1. The summed E-state index contributed by atoms with van der Waals surface area (Å²) in [6.45, 7) is 1.74. The normalized spacial score (nSPS) is 9.85. The number of aryl methyl sites for hydroxylation is 1. The molecule has 0 saturated heterocycles. The number of benzene rings is 1. The Balaban J connectivity index is 2.46. The van der Waals surface area contributed by atoms with Gasteiger partial charge in [-0.15, -0.1) is 0 Å². The molecule has 0 saturated carbocycles. The fourth-order valence-corrected chi connectivity index (χ4v) is 1.67. The van der Waals surface area contributed by atoms with Gasteiger partial charge in [0.25, 0.3) is 0 Å². The van der Waals surface area contributed by atoms with Crippen LogP contribution in [0.15, 0.2) is 30.5 Å². The number of nitro groups is 1. The van der Waals surface area contributed by atoms with Gasteiger partial charge in [-0.05, 0) is 19.1 Å². The van der Waals surface area contributed by atoms with Crippen molar-refractivity contribution in [2.24, 2.45) is 0 Å². The zero-order valence-electron chi connectivity index (χ0n) is 10.3. The standard InChI is InChI=1S/C13H8ClN3O3/c1-8-7-16-13(14)5-12(8)20-11-3-2-9(6-15)4-10(11)17(18)19/h2-5,7H,1H3. The minimum atomic E-state index is -0.603. The van der Waals surface area contributed by atoms with E-state index in [9.17, 15) is 10.1 Å². The number of nitriles is 1. The van der Waals surface area contributed by atoms with Crippen LogP contribution in [0.2, 0.25) is 5.15 Å². The maximum atomic E-state index is 11.0. The minimum absolute atomic E-state index is 0.0411. The highest BCUT2D eigenvalue weighted by Gasteiger charge is 2.17. The molecule has 1 aromatic carbocycles. The summed E-state index contributed by atoms with van der Waals surface area (Å²) in [4.78, 5) is 14.3. The van der Waals surface area contributed by atoms with E-state index in [0.717, 1.165) is 6.07 Å². The fraction of sp³-hybridized carbons (Fsp3) is 0.0769. The second-order valence-electron chi connectivity index (χ2n) is 3.93. The van der Waals surface area contributed by atoms with E-state index >= 15 is 0 Å². The molecule has 0 amide bonds. The molecule has 20 heavy (non-hydrogen) atoms. The molecule has 100 valence electrons. The van der Waals surface area contributed by atoms with Crippen molar-refractivity contribution in [2.45, 2.75) is 6.92 Å². The minimum Gasteiger partial charge on any atom is -0.450 e. The van der Waals surface area contributed by atoms with Crippen molar-refractivity contribution >= 4 is 17.3 Å². The van der Waals surface area contributed by atoms with E-state index in [0.29, 0.717) is 11.3 Å². The summed E-state index contributed by atoms with van der Waals surface area (Å²) in [5, 5.41) is 20.0. The van der Waals surface area contributed by atoms with Crippen molar-refractivity contribution in [1.29, 1.82) is 5.26 Å². The monoisotopic (exact) mass is 289 g/mol. The Hall–Kier alpha value is -2.65. The van der Waals surface area contributed by atoms with Crippen LogP contribution in [0.4, 0.5) is 5.69 Å². The number of aromatic nitrogens is 1. The first kappa shape index (κ1) is 13.8. The molecular formula is C13H8ClN3O3. The van der Waals surface area contributed by atoms with Crippen LogP contribution in [-0.4, -0.2) is 9.91 Å². The summed E-state index contributed by atoms with van der Waals surface area (Å²) in [5.74, 6) is 0.414. The van der Waals surface area contributed by atoms with Crippen LogP contribution in [0.5, 0.6) is 11.5 Å². The molecule has 0 N–H and O–H groups in total. The van der Waals surface area contributed by atoms with Gasteiger partial charge in [-0.25, -0.2) is 4.98 Å². The van der Waals surface area contributed by atoms with Gasteiger partial charge in [0.05, 0.1) is 16.6 Å². The van der Waals surface area contributed by atoms with E-state index in [1.807, 2.05) is 6.07 Å². The van der Waals surface area contributed by atoms with E-state index in [1.54, 1.807) is 6.92 Å². The zero-order valence-corrected chi connectivity index (χ0v) is 11.1. The van der Waals surface area contributed by atoms with Gasteiger partial charge in [-0.1, -0.05) is 11.6 Å². The summed E-state index contributed by atoms with van der Waals surface area (Å²) in [7, 11) is 0. The summed E-state index contributed by atoms with van der Waals surface area (Å²) >= 11 is 5.77. The third kappa shape index (κ3) is 2.84. The number of halogens is 1. The topological polar surface area (TPSA) is 89.0 Å². The molecule has 2 rings (SSSR count). The lowest BCUT2D eigenvalue weighted by Crippen LogP contribution is -1.96. The number of hydrogen-bond acceptors (Lipinski definition) is 5. The fourth-order valence-electron chi connectivity index (χ4n) is 1.53. The van der Waals surface area contributed by atoms with Gasteiger partial charge in [0.15, 0.2) is 0 Å². The number of hydrogen-bond donors (Lipinski definition) is 0. The average molecular weight is 290 g/mol. The summed E-state index contributed by atoms with van der Waals surface area (Å²) in [5.41, 5.74) is 0.595. The Labute approximate surface area is 119 Å². The van der Waals surface area contributed by atoms with Gasteiger partial charge in [0, 0.05) is 23.9 Å². The molecule has 2 aromatic rings. The number of pyridine rings is 1.